The smallest absolute Gasteiger partial charge is 0.223 e. The van der Waals surface area contributed by atoms with Crippen LogP contribution in [0.25, 0.3) is 0 Å². The Kier molecular flexibility index (Phi) is 4.84. The molecule has 0 unspecified atom stereocenters. The lowest BCUT2D eigenvalue weighted by Crippen LogP contribution is -2.43. The second kappa shape index (κ2) is 6.84. The molecule has 5 nitrogen and oxygen atoms in total. The van der Waals surface area contributed by atoms with Crippen molar-refractivity contribution in [2.75, 3.05) is 18.0 Å². The molecule has 2 heterocycles. The minimum atomic E-state index is 0.0799. The average Bonchev–Trinajstić information content (AvgIpc) is 2.96. The molecule has 1 aliphatic heterocycles. The Morgan fingerprint density at radius 3 is 3.05 bits per heavy atom. The summed E-state index contributed by atoms with van der Waals surface area (Å²) in [6, 6.07) is 4.02. The molecule has 3 atom stereocenters. The van der Waals surface area contributed by atoms with Gasteiger partial charge in [-0.2, -0.15) is 0 Å². The number of carbonyl (C=O) groups is 1. The number of aromatic nitrogens is 1. The molecule has 1 amide bonds. The summed E-state index contributed by atoms with van der Waals surface area (Å²) in [4.78, 5) is 18.9. The Bertz CT molecular complexity index is 539. The lowest BCUT2D eigenvalue weighted by Gasteiger charge is -2.27. The minimum Gasteiger partial charge on any atom is -0.353 e. The monoisotopic (exact) mass is 322 g/mol. The van der Waals surface area contributed by atoms with Crippen LogP contribution in [0.5, 0.6) is 0 Å². The summed E-state index contributed by atoms with van der Waals surface area (Å²) in [7, 11) is 0. The molecule has 1 aromatic rings. The molecule has 1 saturated heterocycles. The molecule has 2 aliphatic rings. The first-order valence-corrected chi connectivity index (χ1v) is 8.42. The highest BCUT2D eigenvalue weighted by Gasteiger charge is 2.30. The van der Waals surface area contributed by atoms with E-state index in [0.29, 0.717) is 5.02 Å². The number of hydrogen-bond donors (Lipinski definition) is 2. The van der Waals surface area contributed by atoms with Gasteiger partial charge in [-0.05, 0) is 37.8 Å². The number of carbonyl (C=O) groups excluding carboxylic acids is 1. The number of halogens is 1. The summed E-state index contributed by atoms with van der Waals surface area (Å²) in [5.74, 6) is 1.05. The lowest BCUT2D eigenvalue weighted by molar-refractivity contribution is -0.126. The fourth-order valence-electron chi connectivity index (χ4n) is 3.47. The van der Waals surface area contributed by atoms with Crippen molar-refractivity contribution in [3.8, 4) is 0 Å². The predicted octanol–water partition coefficient (Wildman–Crippen LogP) is 1.95. The summed E-state index contributed by atoms with van der Waals surface area (Å²) in [5.41, 5.74) is 5.97. The highest BCUT2D eigenvalue weighted by Crippen LogP contribution is 2.27. The number of anilines is 1. The Labute approximate surface area is 136 Å². The summed E-state index contributed by atoms with van der Waals surface area (Å²) < 4.78 is 0. The Morgan fingerprint density at radius 2 is 2.27 bits per heavy atom. The maximum absolute atomic E-state index is 12.4. The van der Waals surface area contributed by atoms with Crippen molar-refractivity contribution >= 4 is 23.3 Å². The SMILES string of the molecule is N[C@@H]1CCC[C@@H](C(=O)N[C@H]2CCN(c3ncccc3Cl)C2)C1. The van der Waals surface area contributed by atoms with Crippen molar-refractivity contribution in [1.82, 2.24) is 10.3 Å². The van der Waals surface area contributed by atoms with Crippen LogP contribution in [0.3, 0.4) is 0 Å². The second-order valence-corrected chi connectivity index (χ2v) is 6.78. The van der Waals surface area contributed by atoms with Gasteiger partial charge in [-0.25, -0.2) is 4.98 Å². The summed E-state index contributed by atoms with van der Waals surface area (Å²) in [5, 5.41) is 3.84. The first-order chi connectivity index (χ1) is 10.6. The van der Waals surface area contributed by atoms with Crippen LogP contribution in [0.15, 0.2) is 18.3 Å². The third-order valence-corrected chi connectivity index (χ3v) is 4.95. The van der Waals surface area contributed by atoms with Crippen LogP contribution in [0.4, 0.5) is 5.82 Å². The second-order valence-electron chi connectivity index (χ2n) is 6.37. The average molecular weight is 323 g/mol. The predicted molar refractivity (Wildman–Crippen MR) is 87.9 cm³/mol. The van der Waals surface area contributed by atoms with Gasteiger partial charge < -0.3 is 16.0 Å². The van der Waals surface area contributed by atoms with E-state index >= 15 is 0 Å². The minimum absolute atomic E-state index is 0.0799. The van der Waals surface area contributed by atoms with Crippen LogP contribution < -0.4 is 16.0 Å². The van der Waals surface area contributed by atoms with Crippen molar-refractivity contribution in [3.63, 3.8) is 0 Å². The van der Waals surface area contributed by atoms with Gasteiger partial charge in [0.2, 0.25) is 5.91 Å². The number of nitrogens with one attached hydrogen (secondary N) is 1. The fourth-order valence-corrected chi connectivity index (χ4v) is 3.71. The maximum Gasteiger partial charge on any atom is 0.223 e. The third kappa shape index (κ3) is 3.52. The number of hydrogen-bond acceptors (Lipinski definition) is 4. The van der Waals surface area contributed by atoms with Gasteiger partial charge >= 0.3 is 0 Å². The van der Waals surface area contributed by atoms with E-state index in [-0.39, 0.29) is 23.9 Å². The molecule has 0 aromatic carbocycles. The summed E-state index contributed by atoms with van der Waals surface area (Å²) >= 11 is 6.19. The zero-order valence-corrected chi connectivity index (χ0v) is 13.4. The van der Waals surface area contributed by atoms with Gasteiger partial charge in [-0.1, -0.05) is 18.0 Å². The Hall–Kier alpha value is -1.33. The van der Waals surface area contributed by atoms with E-state index in [9.17, 15) is 4.79 Å². The van der Waals surface area contributed by atoms with E-state index in [0.717, 1.165) is 51.0 Å². The summed E-state index contributed by atoms with van der Waals surface area (Å²) in [6.45, 7) is 1.63. The molecular formula is C16H23ClN4O. The Morgan fingerprint density at radius 1 is 1.41 bits per heavy atom. The molecule has 0 bridgehead atoms. The first-order valence-electron chi connectivity index (χ1n) is 8.05. The third-order valence-electron chi connectivity index (χ3n) is 4.66. The van der Waals surface area contributed by atoms with Crippen LogP contribution in [0, 0.1) is 5.92 Å². The molecule has 0 radical (unpaired) electrons. The van der Waals surface area contributed by atoms with Gasteiger partial charge in [0.05, 0.1) is 5.02 Å². The van der Waals surface area contributed by atoms with Crippen molar-refractivity contribution in [2.45, 2.75) is 44.2 Å². The van der Waals surface area contributed by atoms with Crippen LogP contribution in [-0.4, -0.2) is 36.1 Å². The highest BCUT2D eigenvalue weighted by molar-refractivity contribution is 6.32. The number of nitrogens with zero attached hydrogens (tertiary/aromatic N) is 2. The molecule has 1 saturated carbocycles. The van der Waals surface area contributed by atoms with Gasteiger partial charge in [0, 0.05) is 37.3 Å². The zero-order chi connectivity index (χ0) is 15.5. The van der Waals surface area contributed by atoms with Crippen molar-refractivity contribution < 1.29 is 4.79 Å². The van der Waals surface area contributed by atoms with Gasteiger partial charge in [-0.3, -0.25) is 4.79 Å². The van der Waals surface area contributed by atoms with Crippen LogP contribution in [0.1, 0.15) is 32.1 Å². The molecule has 0 spiro atoms. The molecular weight excluding hydrogens is 300 g/mol. The molecule has 1 aromatic heterocycles. The van der Waals surface area contributed by atoms with Gasteiger partial charge in [-0.15, -0.1) is 0 Å². The van der Waals surface area contributed by atoms with Gasteiger partial charge in [0.1, 0.15) is 5.82 Å². The number of amides is 1. The van der Waals surface area contributed by atoms with Gasteiger partial charge in [0.25, 0.3) is 0 Å². The van der Waals surface area contributed by atoms with Crippen molar-refractivity contribution in [2.24, 2.45) is 11.7 Å². The first kappa shape index (κ1) is 15.6. The molecule has 120 valence electrons. The highest BCUT2D eigenvalue weighted by atomic mass is 35.5. The van der Waals surface area contributed by atoms with E-state index in [4.69, 9.17) is 17.3 Å². The van der Waals surface area contributed by atoms with Crippen LogP contribution in [0.2, 0.25) is 5.02 Å². The van der Waals surface area contributed by atoms with E-state index in [2.05, 4.69) is 15.2 Å². The number of nitrogens with two attached hydrogens (primary N) is 1. The number of rotatable bonds is 3. The largest absolute Gasteiger partial charge is 0.353 e. The zero-order valence-electron chi connectivity index (χ0n) is 12.7. The standard InChI is InChI=1S/C16H23ClN4O/c17-14-5-2-7-19-15(14)21-8-6-13(10-21)20-16(22)11-3-1-4-12(18)9-11/h2,5,7,11-13H,1,3-4,6,8-10,18H2,(H,20,22)/t11-,12-,13+/m1/s1. The molecule has 2 fully saturated rings. The van der Waals surface area contributed by atoms with Crippen LogP contribution in [-0.2, 0) is 4.79 Å². The van der Waals surface area contributed by atoms with Gasteiger partial charge in [0.15, 0.2) is 0 Å². The normalized spacial score (nSPS) is 28.6. The molecule has 1 aliphatic carbocycles. The quantitative estimate of drug-likeness (QED) is 0.892. The van der Waals surface area contributed by atoms with E-state index in [1.54, 1.807) is 6.20 Å². The molecule has 22 heavy (non-hydrogen) atoms. The lowest BCUT2D eigenvalue weighted by atomic mass is 9.85. The van der Waals surface area contributed by atoms with Crippen molar-refractivity contribution in [3.05, 3.63) is 23.4 Å². The molecule has 6 heteroatoms. The Balaban J connectivity index is 1.55. The van der Waals surface area contributed by atoms with Crippen LogP contribution >= 0.6 is 11.6 Å². The molecule has 3 N–H and O–H groups in total. The maximum atomic E-state index is 12.4. The number of pyridine rings is 1. The fraction of sp³-hybridized carbons (Fsp3) is 0.625. The van der Waals surface area contributed by atoms with Crippen molar-refractivity contribution in [1.29, 1.82) is 0 Å². The van der Waals surface area contributed by atoms with E-state index in [1.807, 2.05) is 12.1 Å². The topological polar surface area (TPSA) is 71.2 Å². The molecule has 3 rings (SSSR count). The van der Waals surface area contributed by atoms with E-state index in [1.165, 1.54) is 0 Å². The van der Waals surface area contributed by atoms with E-state index < -0.39 is 0 Å². The summed E-state index contributed by atoms with van der Waals surface area (Å²) in [6.07, 6.45) is 6.54.